The van der Waals surface area contributed by atoms with E-state index in [4.69, 9.17) is 9.53 Å². The Kier molecular flexibility index (Phi) is 10.1. The summed E-state index contributed by atoms with van der Waals surface area (Å²) >= 11 is 0. The van der Waals surface area contributed by atoms with E-state index in [2.05, 4.69) is 10.7 Å². The van der Waals surface area contributed by atoms with Crippen LogP contribution < -0.4 is 10.5 Å². The summed E-state index contributed by atoms with van der Waals surface area (Å²) < 4.78 is 61.3. The highest BCUT2D eigenvalue weighted by Gasteiger charge is 2.58. The van der Waals surface area contributed by atoms with Gasteiger partial charge in [-0.25, -0.2) is 4.39 Å². The van der Waals surface area contributed by atoms with Crippen LogP contribution in [-0.2, 0) is 4.79 Å². The number of carbonyl (C=O) groups is 2. The standard InChI is InChI=1S/C29H35F4N3O3.CH3NO/c1-19-13-22(37)16-36(19)27(38)21-3-5-24(25(30)14-21)26-6-4-23(15-34-26)39-17-20-7-11-35(12-8-20)18-28(9-2-10-28)29(31,32)33;2-1-3/h3-6,14-15,19-20,22,37H,2,7-13,16-18H2,1H3;1H,(H2,2,3). The van der Waals surface area contributed by atoms with Gasteiger partial charge in [0.1, 0.15) is 11.6 Å². The number of aliphatic hydroxyl groups excluding tert-OH is 1. The monoisotopic (exact) mass is 594 g/mol. The topological polar surface area (TPSA) is 109 Å². The molecule has 0 bridgehead atoms. The largest absolute Gasteiger partial charge is 0.492 e. The fourth-order valence-electron chi connectivity index (χ4n) is 6.02. The van der Waals surface area contributed by atoms with Crippen molar-refractivity contribution in [3.05, 3.63) is 47.9 Å². The Labute approximate surface area is 242 Å². The van der Waals surface area contributed by atoms with Gasteiger partial charge < -0.3 is 25.4 Å². The van der Waals surface area contributed by atoms with Crippen molar-refractivity contribution in [3.8, 4) is 17.0 Å². The van der Waals surface area contributed by atoms with Crippen LogP contribution in [0.1, 0.15) is 55.8 Å². The summed E-state index contributed by atoms with van der Waals surface area (Å²) in [5.74, 6) is -0.0723. The van der Waals surface area contributed by atoms with Gasteiger partial charge in [-0.3, -0.25) is 14.6 Å². The molecular weight excluding hydrogens is 556 g/mol. The van der Waals surface area contributed by atoms with Crippen molar-refractivity contribution in [2.75, 3.05) is 32.8 Å². The fourth-order valence-corrected chi connectivity index (χ4v) is 6.02. The molecule has 1 aromatic heterocycles. The number of piperidine rings is 1. The number of ether oxygens (including phenoxy) is 1. The molecular formula is C30H38F4N4O4. The van der Waals surface area contributed by atoms with E-state index >= 15 is 0 Å². The van der Waals surface area contributed by atoms with E-state index in [1.54, 1.807) is 23.1 Å². The number of rotatable bonds is 7. The zero-order valence-electron chi connectivity index (χ0n) is 23.7. The molecule has 5 rings (SSSR count). The van der Waals surface area contributed by atoms with E-state index in [0.29, 0.717) is 44.0 Å². The van der Waals surface area contributed by atoms with Crippen molar-refractivity contribution in [1.29, 1.82) is 0 Å². The molecule has 3 aliphatic rings. The lowest BCUT2D eigenvalue weighted by atomic mass is 9.67. The van der Waals surface area contributed by atoms with Gasteiger partial charge in [0, 0.05) is 30.3 Å². The minimum Gasteiger partial charge on any atom is -0.492 e. The van der Waals surface area contributed by atoms with Crippen LogP contribution in [0.15, 0.2) is 36.5 Å². The molecule has 1 aliphatic carbocycles. The normalized spacial score (nSPS) is 22.6. The highest BCUT2D eigenvalue weighted by Crippen LogP contribution is 2.53. The van der Waals surface area contributed by atoms with Crippen LogP contribution in [0.3, 0.4) is 0 Å². The predicted molar refractivity (Wildman–Crippen MR) is 148 cm³/mol. The second kappa shape index (κ2) is 13.4. The van der Waals surface area contributed by atoms with Crippen LogP contribution in [0.4, 0.5) is 17.6 Å². The molecule has 3 fully saturated rings. The Balaban J connectivity index is 0.00000129. The predicted octanol–water partition coefficient (Wildman–Crippen LogP) is 4.41. The molecule has 2 amide bonds. The van der Waals surface area contributed by atoms with E-state index in [-0.39, 0.29) is 61.3 Å². The van der Waals surface area contributed by atoms with E-state index in [1.165, 1.54) is 18.3 Å². The number of likely N-dealkylation sites (tertiary alicyclic amines) is 2. The van der Waals surface area contributed by atoms with Crippen molar-refractivity contribution in [2.24, 2.45) is 17.1 Å². The quantitative estimate of drug-likeness (QED) is 0.363. The number of pyridine rings is 1. The Hall–Kier alpha value is -3.25. The molecule has 2 atom stereocenters. The third kappa shape index (κ3) is 7.20. The molecule has 8 nitrogen and oxygen atoms in total. The van der Waals surface area contributed by atoms with Gasteiger partial charge >= 0.3 is 6.18 Å². The molecule has 230 valence electrons. The summed E-state index contributed by atoms with van der Waals surface area (Å²) in [7, 11) is 0. The molecule has 3 heterocycles. The van der Waals surface area contributed by atoms with E-state index in [0.717, 1.165) is 12.8 Å². The van der Waals surface area contributed by atoms with Crippen molar-refractivity contribution in [1.82, 2.24) is 14.8 Å². The van der Waals surface area contributed by atoms with Crippen LogP contribution in [0, 0.1) is 17.2 Å². The number of hydrogen-bond acceptors (Lipinski definition) is 6. The third-order valence-electron chi connectivity index (χ3n) is 8.67. The van der Waals surface area contributed by atoms with E-state index in [1.807, 2.05) is 11.8 Å². The van der Waals surface area contributed by atoms with Gasteiger partial charge in [-0.05, 0) is 88.4 Å². The molecule has 2 aromatic rings. The molecule has 2 unspecified atom stereocenters. The van der Waals surface area contributed by atoms with Crippen molar-refractivity contribution >= 4 is 12.3 Å². The molecule has 1 saturated carbocycles. The summed E-state index contributed by atoms with van der Waals surface area (Å²) in [6.45, 7) is 3.92. The third-order valence-corrected chi connectivity index (χ3v) is 8.67. The summed E-state index contributed by atoms with van der Waals surface area (Å²) in [4.78, 5) is 29.2. The molecule has 2 aliphatic heterocycles. The number of alkyl halides is 3. The second-order valence-corrected chi connectivity index (χ2v) is 11.6. The van der Waals surface area contributed by atoms with Crippen LogP contribution in [0.2, 0.25) is 0 Å². The first-order valence-corrected chi connectivity index (χ1v) is 14.3. The van der Waals surface area contributed by atoms with Crippen LogP contribution in [0.5, 0.6) is 5.75 Å². The average Bonchev–Trinajstić information content (AvgIpc) is 3.27. The lowest BCUT2D eigenvalue weighted by molar-refractivity contribution is -0.256. The molecule has 12 heteroatoms. The number of carbonyl (C=O) groups excluding carboxylic acids is 2. The van der Waals surface area contributed by atoms with Gasteiger partial charge in [-0.2, -0.15) is 13.2 Å². The van der Waals surface area contributed by atoms with Crippen LogP contribution in [-0.4, -0.2) is 83.3 Å². The SMILES string of the molecule is CC1CC(O)CN1C(=O)c1ccc(-c2ccc(OCC3CCN(CC4(C(F)(F)F)CCC4)CC3)cn2)c(F)c1.NC=O. The number of β-amino-alcohol motifs (C(OH)–C–C–N with tert-alkyl or cyclic N) is 1. The summed E-state index contributed by atoms with van der Waals surface area (Å²) in [5, 5.41) is 9.81. The number of aliphatic hydroxyl groups is 1. The number of primary amides is 1. The minimum atomic E-state index is -4.14. The van der Waals surface area contributed by atoms with Crippen molar-refractivity contribution in [3.63, 3.8) is 0 Å². The number of nitrogens with two attached hydrogens (primary N) is 1. The molecule has 1 aromatic carbocycles. The summed E-state index contributed by atoms with van der Waals surface area (Å²) in [6.07, 6.45) is 0.271. The number of hydrogen-bond donors (Lipinski definition) is 2. The molecule has 42 heavy (non-hydrogen) atoms. The summed E-state index contributed by atoms with van der Waals surface area (Å²) in [6, 6.07) is 7.57. The van der Waals surface area contributed by atoms with Crippen molar-refractivity contribution < 1.29 is 37.0 Å². The number of benzene rings is 1. The maximum Gasteiger partial charge on any atom is 0.395 e. The smallest absolute Gasteiger partial charge is 0.395 e. The highest BCUT2D eigenvalue weighted by atomic mass is 19.4. The van der Waals surface area contributed by atoms with Gasteiger partial charge in [0.05, 0.1) is 30.0 Å². The maximum atomic E-state index is 14.9. The first-order valence-electron chi connectivity index (χ1n) is 14.3. The Morgan fingerprint density at radius 1 is 1.21 bits per heavy atom. The Morgan fingerprint density at radius 2 is 1.90 bits per heavy atom. The minimum absolute atomic E-state index is 0.0989. The summed E-state index contributed by atoms with van der Waals surface area (Å²) in [5.41, 5.74) is 3.55. The van der Waals surface area contributed by atoms with E-state index < -0.39 is 23.5 Å². The number of aromatic nitrogens is 1. The maximum absolute atomic E-state index is 14.9. The fraction of sp³-hybridized carbons (Fsp3) is 0.567. The molecule has 3 N–H and O–H groups in total. The zero-order valence-corrected chi connectivity index (χ0v) is 23.7. The van der Waals surface area contributed by atoms with Crippen LogP contribution in [0.25, 0.3) is 11.3 Å². The van der Waals surface area contributed by atoms with Gasteiger partial charge in [-0.1, -0.05) is 6.42 Å². The van der Waals surface area contributed by atoms with Gasteiger partial charge in [0.25, 0.3) is 5.91 Å². The van der Waals surface area contributed by atoms with E-state index in [9.17, 15) is 27.5 Å². The highest BCUT2D eigenvalue weighted by molar-refractivity contribution is 5.95. The Morgan fingerprint density at radius 3 is 2.40 bits per heavy atom. The molecule has 0 spiro atoms. The van der Waals surface area contributed by atoms with Crippen LogP contribution >= 0.6 is 0 Å². The van der Waals surface area contributed by atoms with Crippen molar-refractivity contribution in [2.45, 2.75) is 63.8 Å². The molecule has 0 radical (unpaired) electrons. The lowest BCUT2D eigenvalue weighted by Gasteiger charge is -2.47. The first kappa shape index (κ1) is 31.7. The Bertz CT molecular complexity index is 1210. The molecule has 2 saturated heterocycles. The number of amides is 2. The number of nitrogens with zero attached hydrogens (tertiary/aromatic N) is 3. The van der Waals surface area contributed by atoms with Gasteiger partial charge in [0.2, 0.25) is 6.41 Å². The number of halogens is 4. The first-order chi connectivity index (χ1) is 20.0. The van der Waals surface area contributed by atoms with Gasteiger partial charge in [-0.15, -0.1) is 0 Å². The zero-order chi connectivity index (χ0) is 30.5. The van der Waals surface area contributed by atoms with Gasteiger partial charge in [0.15, 0.2) is 0 Å². The lowest BCUT2D eigenvalue weighted by Crippen LogP contribution is -2.53. The average molecular weight is 595 g/mol. The second-order valence-electron chi connectivity index (χ2n) is 11.6.